The topological polar surface area (TPSA) is 57.8 Å². The quantitative estimate of drug-likeness (QED) is 0.789. The molecule has 0 saturated carbocycles. The number of hydrogen-bond donors (Lipinski definition) is 2. The van der Waals surface area contributed by atoms with Crippen molar-refractivity contribution >= 4 is 17.4 Å². The van der Waals surface area contributed by atoms with Crippen molar-refractivity contribution in [1.29, 1.82) is 0 Å². The number of aromatic nitrogens is 2. The zero-order valence-electron chi connectivity index (χ0n) is 10.4. The molecular weight excluding hydrogens is 238 g/mol. The van der Waals surface area contributed by atoms with Crippen LogP contribution < -0.4 is 10.9 Å². The van der Waals surface area contributed by atoms with E-state index in [0.717, 1.165) is 19.3 Å². The lowest BCUT2D eigenvalue weighted by Crippen LogP contribution is -2.22. The summed E-state index contributed by atoms with van der Waals surface area (Å²) in [7, 11) is 0. The Hall–Kier alpha value is -1.03. The van der Waals surface area contributed by atoms with Crippen molar-refractivity contribution in [3.8, 4) is 0 Å². The summed E-state index contributed by atoms with van der Waals surface area (Å²) in [6, 6.07) is 0.340. The Kier molecular flexibility index (Phi) is 6.05. The van der Waals surface area contributed by atoms with Crippen LogP contribution in [-0.4, -0.2) is 16.0 Å². The summed E-state index contributed by atoms with van der Waals surface area (Å²) < 4.78 is 0. The number of nitrogens with one attached hydrogen (secondary N) is 2. The lowest BCUT2D eigenvalue weighted by molar-refractivity contribution is 0.562. The molecular formula is C12H20ClN3O. The van der Waals surface area contributed by atoms with Crippen LogP contribution in [0.2, 0.25) is 5.02 Å². The Morgan fingerprint density at radius 1 is 1.41 bits per heavy atom. The van der Waals surface area contributed by atoms with Crippen molar-refractivity contribution in [2.45, 2.75) is 52.0 Å². The predicted octanol–water partition coefficient (Wildman–Crippen LogP) is 3.19. The molecule has 1 heterocycles. The fourth-order valence-electron chi connectivity index (χ4n) is 1.76. The third-order valence-electron chi connectivity index (χ3n) is 2.68. The molecule has 0 spiro atoms. The van der Waals surface area contributed by atoms with Crippen molar-refractivity contribution in [3.05, 3.63) is 21.7 Å². The molecule has 0 aromatic carbocycles. The summed E-state index contributed by atoms with van der Waals surface area (Å²) in [6.07, 6.45) is 6.94. The highest BCUT2D eigenvalue weighted by molar-refractivity contribution is 6.32. The monoisotopic (exact) mass is 257 g/mol. The van der Waals surface area contributed by atoms with Gasteiger partial charge in [-0.1, -0.05) is 44.7 Å². The van der Waals surface area contributed by atoms with Crippen LogP contribution in [0.1, 0.15) is 46.0 Å². The Bertz CT molecular complexity index is 392. The normalized spacial score (nSPS) is 12.4. The second kappa shape index (κ2) is 7.33. The molecule has 0 bridgehead atoms. The van der Waals surface area contributed by atoms with E-state index >= 15 is 0 Å². The summed E-state index contributed by atoms with van der Waals surface area (Å²) in [4.78, 5) is 17.8. The zero-order valence-corrected chi connectivity index (χ0v) is 11.2. The summed E-state index contributed by atoms with van der Waals surface area (Å²) in [6.45, 7) is 4.31. The van der Waals surface area contributed by atoms with Gasteiger partial charge in [-0.2, -0.15) is 0 Å². The number of unbranched alkanes of at least 4 members (excludes halogenated alkanes) is 1. The summed E-state index contributed by atoms with van der Waals surface area (Å²) in [5, 5.41) is 3.40. The zero-order chi connectivity index (χ0) is 12.7. The van der Waals surface area contributed by atoms with E-state index in [9.17, 15) is 4.79 Å². The molecule has 0 radical (unpaired) electrons. The standard InChI is InChI=1S/C12H20ClN3O/c1-3-5-7-9(6-4-2)16-11-10(13)12(17)15-8-14-11/h8-9H,3-7H2,1-2H3,(H2,14,15,16,17). The second-order valence-corrected chi connectivity index (χ2v) is 4.54. The van der Waals surface area contributed by atoms with Gasteiger partial charge in [-0.15, -0.1) is 0 Å². The van der Waals surface area contributed by atoms with Gasteiger partial charge in [-0.25, -0.2) is 4.98 Å². The molecule has 5 heteroatoms. The molecule has 4 nitrogen and oxygen atoms in total. The third kappa shape index (κ3) is 4.38. The van der Waals surface area contributed by atoms with Gasteiger partial charge in [0.2, 0.25) is 0 Å². The molecule has 0 aliphatic carbocycles. The predicted molar refractivity (Wildman–Crippen MR) is 71.7 cm³/mol. The number of nitrogens with zero attached hydrogens (tertiary/aromatic N) is 1. The number of H-pyrrole nitrogens is 1. The van der Waals surface area contributed by atoms with E-state index in [4.69, 9.17) is 11.6 Å². The maximum Gasteiger partial charge on any atom is 0.271 e. The van der Waals surface area contributed by atoms with Gasteiger partial charge < -0.3 is 10.3 Å². The van der Waals surface area contributed by atoms with Gasteiger partial charge in [0, 0.05) is 6.04 Å². The minimum absolute atomic E-state index is 0.144. The Balaban J connectivity index is 2.71. The molecule has 0 saturated heterocycles. The van der Waals surface area contributed by atoms with Crippen molar-refractivity contribution in [3.63, 3.8) is 0 Å². The smallest absolute Gasteiger partial charge is 0.271 e. The van der Waals surface area contributed by atoms with Gasteiger partial charge in [-0.05, 0) is 12.8 Å². The van der Waals surface area contributed by atoms with Gasteiger partial charge in [0.15, 0.2) is 5.82 Å². The van der Waals surface area contributed by atoms with Crippen molar-refractivity contribution in [2.75, 3.05) is 5.32 Å². The lowest BCUT2D eigenvalue weighted by Gasteiger charge is -2.18. The molecule has 0 fully saturated rings. The summed E-state index contributed by atoms with van der Waals surface area (Å²) in [5.41, 5.74) is -0.296. The molecule has 1 atom stereocenters. The van der Waals surface area contributed by atoms with E-state index in [1.165, 1.54) is 19.2 Å². The first-order valence-electron chi connectivity index (χ1n) is 6.18. The molecule has 0 amide bonds. The average Bonchev–Trinajstić information content (AvgIpc) is 2.32. The number of anilines is 1. The van der Waals surface area contributed by atoms with Crippen LogP contribution in [0, 0.1) is 0 Å². The Labute approximate surface area is 107 Å². The minimum Gasteiger partial charge on any atom is -0.366 e. The van der Waals surface area contributed by atoms with E-state index in [2.05, 4.69) is 29.1 Å². The summed E-state index contributed by atoms with van der Waals surface area (Å²) >= 11 is 5.90. The molecule has 1 aromatic heterocycles. The molecule has 0 aliphatic rings. The van der Waals surface area contributed by atoms with Crippen LogP contribution >= 0.6 is 11.6 Å². The number of rotatable bonds is 7. The highest BCUT2D eigenvalue weighted by Crippen LogP contribution is 2.17. The molecule has 1 unspecified atom stereocenters. The summed E-state index contributed by atoms with van der Waals surface area (Å²) in [5.74, 6) is 0.491. The van der Waals surface area contributed by atoms with Gasteiger partial charge in [0.25, 0.3) is 5.56 Å². The SMILES string of the molecule is CCCCC(CCC)Nc1nc[nH]c(=O)c1Cl. The van der Waals surface area contributed by atoms with Gasteiger partial charge in [0.05, 0.1) is 6.33 Å². The number of aromatic amines is 1. The van der Waals surface area contributed by atoms with Crippen LogP contribution in [0.5, 0.6) is 0 Å². The number of hydrogen-bond acceptors (Lipinski definition) is 3. The first-order chi connectivity index (χ1) is 8.19. The maximum atomic E-state index is 11.3. The Morgan fingerprint density at radius 2 is 2.18 bits per heavy atom. The number of halogens is 1. The van der Waals surface area contributed by atoms with Crippen molar-refractivity contribution in [2.24, 2.45) is 0 Å². The molecule has 17 heavy (non-hydrogen) atoms. The molecule has 96 valence electrons. The van der Waals surface area contributed by atoms with Crippen LogP contribution in [0.15, 0.2) is 11.1 Å². The first kappa shape index (κ1) is 14.0. The van der Waals surface area contributed by atoms with Crippen molar-refractivity contribution in [1.82, 2.24) is 9.97 Å². The van der Waals surface area contributed by atoms with Crippen LogP contribution in [0.3, 0.4) is 0 Å². The van der Waals surface area contributed by atoms with Crippen molar-refractivity contribution < 1.29 is 0 Å². The average molecular weight is 258 g/mol. The first-order valence-corrected chi connectivity index (χ1v) is 6.56. The third-order valence-corrected chi connectivity index (χ3v) is 3.03. The highest BCUT2D eigenvalue weighted by Gasteiger charge is 2.11. The van der Waals surface area contributed by atoms with E-state index < -0.39 is 0 Å². The lowest BCUT2D eigenvalue weighted by atomic mass is 10.1. The van der Waals surface area contributed by atoms with Gasteiger partial charge in [-0.3, -0.25) is 4.79 Å². The van der Waals surface area contributed by atoms with E-state index in [1.54, 1.807) is 0 Å². The fourth-order valence-corrected chi connectivity index (χ4v) is 1.92. The maximum absolute atomic E-state index is 11.3. The molecule has 1 rings (SSSR count). The minimum atomic E-state index is -0.296. The van der Waals surface area contributed by atoms with E-state index in [-0.39, 0.29) is 10.6 Å². The Morgan fingerprint density at radius 3 is 2.82 bits per heavy atom. The molecule has 2 N–H and O–H groups in total. The fraction of sp³-hybridized carbons (Fsp3) is 0.667. The highest BCUT2D eigenvalue weighted by atomic mass is 35.5. The molecule has 0 aliphatic heterocycles. The van der Waals surface area contributed by atoms with Gasteiger partial charge >= 0.3 is 0 Å². The van der Waals surface area contributed by atoms with Crippen LogP contribution in [0.4, 0.5) is 5.82 Å². The van der Waals surface area contributed by atoms with Crippen LogP contribution in [0.25, 0.3) is 0 Å². The molecule has 1 aromatic rings. The second-order valence-electron chi connectivity index (χ2n) is 4.17. The van der Waals surface area contributed by atoms with Gasteiger partial charge in [0.1, 0.15) is 5.02 Å². The largest absolute Gasteiger partial charge is 0.366 e. The van der Waals surface area contributed by atoms with Crippen LogP contribution in [-0.2, 0) is 0 Å². The van der Waals surface area contributed by atoms with E-state index in [0.29, 0.717) is 11.9 Å². The van der Waals surface area contributed by atoms with E-state index in [1.807, 2.05) is 0 Å².